The molecule has 1 saturated carbocycles. The molecule has 4 heteroatoms. The maximum atomic E-state index is 6.23. The SMILES string of the molecule is CC(CN1C2CC[C@@H]1CC(OCC1CC1)C2)Cn1ncc2ccccc21. The summed E-state index contributed by atoms with van der Waals surface area (Å²) in [4.78, 5) is 2.80. The Morgan fingerprint density at radius 1 is 1.08 bits per heavy atom. The van der Waals surface area contributed by atoms with E-state index in [2.05, 4.69) is 45.9 Å². The monoisotopic (exact) mass is 353 g/mol. The highest BCUT2D eigenvalue weighted by atomic mass is 16.5. The van der Waals surface area contributed by atoms with Crippen LogP contribution in [-0.2, 0) is 11.3 Å². The van der Waals surface area contributed by atoms with Gasteiger partial charge < -0.3 is 4.74 Å². The lowest BCUT2D eigenvalue weighted by molar-refractivity contribution is -0.0276. The van der Waals surface area contributed by atoms with E-state index in [1.807, 2.05) is 6.20 Å². The fourth-order valence-corrected chi connectivity index (χ4v) is 5.10. The molecule has 0 amide bonds. The zero-order chi connectivity index (χ0) is 17.5. The van der Waals surface area contributed by atoms with Crippen molar-refractivity contribution >= 4 is 10.9 Å². The Bertz CT molecular complexity index is 739. The molecule has 140 valence electrons. The molecule has 0 spiro atoms. The van der Waals surface area contributed by atoms with Gasteiger partial charge in [0.2, 0.25) is 0 Å². The van der Waals surface area contributed by atoms with Crippen molar-refractivity contribution in [2.24, 2.45) is 11.8 Å². The molecule has 2 aromatic rings. The third-order valence-corrected chi connectivity index (χ3v) is 6.66. The van der Waals surface area contributed by atoms with Crippen LogP contribution >= 0.6 is 0 Å². The number of ether oxygens (including phenoxy) is 1. The first-order valence-electron chi connectivity index (χ1n) is 10.5. The lowest BCUT2D eigenvalue weighted by Crippen LogP contribution is -2.47. The Balaban J connectivity index is 1.18. The summed E-state index contributed by atoms with van der Waals surface area (Å²) in [7, 11) is 0. The van der Waals surface area contributed by atoms with Crippen LogP contribution in [0.4, 0.5) is 0 Å². The number of para-hydroxylation sites is 1. The molecule has 2 aliphatic heterocycles. The first kappa shape index (κ1) is 16.8. The molecule has 1 aromatic heterocycles. The average Bonchev–Trinajstić information content (AvgIpc) is 3.36. The highest BCUT2D eigenvalue weighted by molar-refractivity contribution is 5.78. The summed E-state index contributed by atoms with van der Waals surface area (Å²) in [5, 5.41) is 5.86. The normalized spacial score (nSPS) is 30.1. The second-order valence-electron chi connectivity index (χ2n) is 8.94. The first-order chi connectivity index (χ1) is 12.8. The van der Waals surface area contributed by atoms with Crippen molar-refractivity contribution < 1.29 is 4.74 Å². The number of rotatable bonds is 7. The fourth-order valence-electron chi connectivity index (χ4n) is 5.10. The van der Waals surface area contributed by atoms with Crippen molar-refractivity contribution in [3.8, 4) is 0 Å². The third-order valence-electron chi connectivity index (χ3n) is 6.66. The molecule has 0 radical (unpaired) electrons. The summed E-state index contributed by atoms with van der Waals surface area (Å²) in [5.74, 6) is 1.50. The lowest BCUT2D eigenvalue weighted by Gasteiger charge is -2.40. The van der Waals surface area contributed by atoms with Crippen molar-refractivity contribution in [3.05, 3.63) is 30.5 Å². The number of aromatic nitrogens is 2. The zero-order valence-electron chi connectivity index (χ0n) is 15.9. The van der Waals surface area contributed by atoms with Crippen molar-refractivity contribution in [1.82, 2.24) is 14.7 Å². The van der Waals surface area contributed by atoms with Crippen LogP contribution in [0.2, 0.25) is 0 Å². The summed E-state index contributed by atoms with van der Waals surface area (Å²) < 4.78 is 8.42. The van der Waals surface area contributed by atoms with Crippen LogP contribution < -0.4 is 0 Å². The van der Waals surface area contributed by atoms with Crippen LogP contribution in [0.3, 0.4) is 0 Å². The quantitative estimate of drug-likeness (QED) is 0.751. The highest BCUT2D eigenvalue weighted by Gasteiger charge is 2.41. The van der Waals surface area contributed by atoms with Gasteiger partial charge in [0.1, 0.15) is 0 Å². The molecule has 3 heterocycles. The smallest absolute Gasteiger partial charge is 0.0682 e. The molecule has 4 atom stereocenters. The van der Waals surface area contributed by atoms with E-state index in [0.29, 0.717) is 12.0 Å². The van der Waals surface area contributed by atoms with E-state index in [9.17, 15) is 0 Å². The first-order valence-corrected chi connectivity index (χ1v) is 10.5. The number of piperidine rings is 1. The number of benzene rings is 1. The summed E-state index contributed by atoms with van der Waals surface area (Å²) in [6.45, 7) is 5.60. The standard InChI is InChI=1S/C22H31N3O/c1-16(14-25-22-5-3-2-4-18(22)12-23-25)13-24-19-8-9-20(24)11-21(10-19)26-15-17-6-7-17/h2-5,12,16-17,19-21H,6-11,13-15H2,1H3/t16?,19-,20?,21?/m1/s1. The van der Waals surface area contributed by atoms with Crippen LogP contribution in [0.1, 0.15) is 45.4 Å². The zero-order valence-corrected chi connectivity index (χ0v) is 15.9. The Hall–Kier alpha value is -1.39. The Morgan fingerprint density at radius 3 is 2.62 bits per heavy atom. The summed E-state index contributed by atoms with van der Waals surface area (Å²) >= 11 is 0. The van der Waals surface area contributed by atoms with E-state index in [1.165, 1.54) is 56.0 Å². The number of fused-ring (bicyclic) bond motifs is 3. The van der Waals surface area contributed by atoms with E-state index in [1.54, 1.807) is 0 Å². The molecule has 0 N–H and O–H groups in total. The maximum Gasteiger partial charge on any atom is 0.0682 e. The molecule has 3 aliphatic rings. The lowest BCUT2D eigenvalue weighted by atomic mass is 9.98. The molecule has 2 bridgehead atoms. The number of nitrogens with zero attached hydrogens (tertiary/aromatic N) is 3. The molecular formula is C22H31N3O. The number of hydrogen-bond acceptors (Lipinski definition) is 3. The van der Waals surface area contributed by atoms with Crippen molar-refractivity contribution in [1.29, 1.82) is 0 Å². The molecule has 3 fully saturated rings. The number of hydrogen-bond donors (Lipinski definition) is 0. The van der Waals surface area contributed by atoms with Gasteiger partial charge in [-0.2, -0.15) is 5.10 Å². The minimum atomic E-state index is 0.523. The average molecular weight is 354 g/mol. The van der Waals surface area contributed by atoms with Crippen molar-refractivity contribution in [2.45, 2.75) is 70.2 Å². The van der Waals surface area contributed by atoms with E-state index in [0.717, 1.165) is 31.2 Å². The van der Waals surface area contributed by atoms with Crippen LogP contribution in [0.15, 0.2) is 30.5 Å². The van der Waals surface area contributed by atoms with Gasteiger partial charge in [0.25, 0.3) is 0 Å². The summed E-state index contributed by atoms with van der Waals surface area (Å²) in [5.41, 5.74) is 1.26. The molecule has 1 aromatic carbocycles. The molecule has 2 saturated heterocycles. The summed E-state index contributed by atoms with van der Waals surface area (Å²) in [6.07, 6.45) is 10.5. The van der Waals surface area contributed by atoms with Gasteiger partial charge in [-0.05, 0) is 56.4 Å². The highest BCUT2D eigenvalue weighted by Crippen LogP contribution is 2.38. The van der Waals surface area contributed by atoms with Crippen molar-refractivity contribution in [2.75, 3.05) is 13.2 Å². The van der Waals surface area contributed by atoms with Gasteiger partial charge in [-0.25, -0.2) is 0 Å². The van der Waals surface area contributed by atoms with Gasteiger partial charge in [0, 0.05) is 37.2 Å². The minimum Gasteiger partial charge on any atom is -0.378 e. The largest absolute Gasteiger partial charge is 0.378 e. The molecule has 26 heavy (non-hydrogen) atoms. The van der Waals surface area contributed by atoms with Crippen LogP contribution in [0, 0.1) is 11.8 Å². The molecule has 4 nitrogen and oxygen atoms in total. The third kappa shape index (κ3) is 3.41. The Morgan fingerprint density at radius 2 is 1.85 bits per heavy atom. The van der Waals surface area contributed by atoms with Crippen LogP contribution in [0.5, 0.6) is 0 Å². The fraction of sp³-hybridized carbons (Fsp3) is 0.682. The van der Waals surface area contributed by atoms with Gasteiger partial charge in [-0.15, -0.1) is 0 Å². The van der Waals surface area contributed by atoms with E-state index < -0.39 is 0 Å². The second-order valence-corrected chi connectivity index (χ2v) is 8.94. The minimum absolute atomic E-state index is 0.523. The van der Waals surface area contributed by atoms with Gasteiger partial charge >= 0.3 is 0 Å². The summed E-state index contributed by atoms with van der Waals surface area (Å²) in [6, 6.07) is 10.0. The van der Waals surface area contributed by atoms with E-state index in [4.69, 9.17) is 4.74 Å². The van der Waals surface area contributed by atoms with Gasteiger partial charge in [-0.3, -0.25) is 9.58 Å². The van der Waals surface area contributed by atoms with Crippen LogP contribution in [-0.4, -0.2) is 46.0 Å². The maximum absolute atomic E-state index is 6.23. The van der Waals surface area contributed by atoms with Crippen molar-refractivity contribution in [3.63, 3.8) is 0 Å². The van der Waals surface area contributed by atoms with Gasteiger partial charge in [0.15, 0.2) is 0 Å². The van der Waals surface area contributed by atoms with Gasteiger partial charge in [-0.1, -0.05) is 25.1 Å². The predicted molar refractivity (Wildman–Crippen MR) is 104 cm³/mol. The molecule has 1 aliphatic carbocycles. The molecular weight excluding hydrogens is 322 g/mol. The van der Waals surface area contributed by atoms with E-state index in [-0.39, 0.29) is 0 Å². The molecule has 3 unspecified atom stereocenters. The second kappa shape index (κ2) is 6.97. The molecule has 5 rings (SSSR count). The Kier molecular flexibility index (Phi) is 4.49. The predicted octanol–water partition coefficient (Wildman–Crippen LogP) is 4.09. The van der Waals surface area contributed by atoms with Gasteiger partial charge in [0.05, 0.1) is 17.8 Å². The topological polar surface area (TPSA) is 30.3 Å². The van der Waals surface area contributed by atoms with Crippen LogP contribution in [0.25, 0.3) is 10.9 Å². The Labute approximate surface area is 156 Å². The van der Waals surface area contributed by atoms with E-state index >= 15 is 0 Å².